The molecule has 0 aliphatic heterocycles. The quantitative estimate of drug-likeness (QED) is 0.491. The fourth-order valence-corrected chi connectivity index (χ4v) is 4.64. The molecule has 2 rings (SSSR count). The predicted molar refractivity (Wildman–Crippen MR) is 133 cm³/mol. The Morgan fingerprint density at radius 3 is 2.27 bits per heavy atom. The van der Waals surface area contributed by atoms with Crippen LogP contribution in [-0.2, 0) is 26.2 Å². The van der Waals surface area contributed by atoms with Gasteiger partial charge < -0.3 is 10.2 Å². The Kier molecular flexibility index (Phi) is 9.84. The highest BCUT2D eigenvalue weighted by molar-refractivity contribution is 7.92. The summed E-state index contributed by atoms with van der Waals surface area (Å²) in [6.07, 6.45) is 1.33. The molecule has 1 unspecified atom stereocenters. The Bertz CT molecular complexity index is 1110. The molecule has 1 N–H and O–H groups in total. The van der Waals surface area contributed by atoms with Crippen LogP contribution in [0.5, 0.6) is 0 Å². The zero-order chi connectivity index (χ0) is 24.8. The molecule has 2 aromatic rings. The van der Waals surface area contributed by atoms with Crippen LogP contribution in [0.4, 0.5) is 5.69 Å². The van der Waals surface area contributed by atoms with Crippen molar-refractivity contribution < 1.29 is 18.0 Å². The van der Waals surface area contributed by atoms with Gasteiger partial charge in [0.1, 0.15) is 12.6 Å². The van der Waals surface area contributed by atoms with E-state index in [0.29, 0.717) is 33.6 Å². The summed E-state index contributed by atoms with van der Waals surface area (Å²) in [6.45, 7) is 3.48. The van der Waals surface area contributed by atoms with Gasteiger partial charge in [-0.15, -0.1) is 0 Å². The zero-order valence-electron chi connectivity index (χ0n) is 18.5. The first-order chi connectivity index (χ1) is 15.5. The van der Waals surface area contributed by atoms with E-state index < -0.39 is 28.5 Å². The summed E-state index contributed by atoms with van der Waals surface area (Å²) >= 11 is 18.2. The number of hydrogen-bond donors (Lipinski definition) is 1. The monoisotopic (exact) mass is 533 g/mol. The third-order valence-electron chi connectivity index (χ3n) is 4.85. The number of benzene rings is 2. The zero-order valence-corrected chi connectivity index (χ0v) is 21.6. The fourth-order valence-electron chi connectivity index (χ4n) is 3.29. The van der Waals surface area contributed by atoms with E-state index in [9.17, 15) is 18.0 Å². The van der Waals surface area contributed by atoms with Gasteiger partial charge in [0, 0.05) is 18.1 Å². The van der Waals surface area contributed by atoms with Crippen molar-refractivity contribution in [2.24, 2.45) is 0 Å². The molecular formula is C22H26Cl3N3O4S. The summed E-state index contributed by atoms with van der Waals surface area (Å²) in [5, 5.41) is 3.73. The molecule has 33 heavy (non-hydrogen) atoms. The molecule has 7 nitrogen and oxygen atoms in total. The van der Waals surface area contributed by atoms with Crippen LogP contribution < -0.4 is 9.62 Å². The van der Waals surface area contributed by atoms with Gasteiger partial charge in [-0.25, -0.2) is 8.42 Å². The number of hydrogen-bond acceptors (Lipinski definition) is 4. The summed E-state index contributed by atoms with van der Waals surface area (Å²) < 4.78 is 26.0. The normalized spacial score (nSPS) is 12.2. The van der Waals surface area contributed by atoms with Crippen molar-refractivity contribution in [2.75, 3.05) is 23.7 Å². The van der Waals surface area contributed by atoms with Crippen molar-refractivity contribution in [1.29, 1.82) is 0 Å². The predicted octanol–water partition coefficient (Wildman–Crippen LogP) is 4.36. The van der Waals surface area contributed by atoms with E-state index in [-0.39, 0.29) is 18.1 Å². The van der Waals surface area contributed by atoms with Crippen LogP contribution in [0.15, 0.2) is 42.5 Å². The van der Waals surface area contributed by atoms with Crippen LogP contribution in [0.25, 0.3) is 0 Å². The Labute approximate surface area is 209 Å². The second kappa shape index (κ2) is 11.9. The Balaban J connectivity index is 2.45. The second-order valence-corrected chi connectivity index (χ2v) is 10.5. The number of likely N-dealkylation sites (N-methyl/N-ethyl adjacent to an activating group) is 1. The average molecular weight is 535 g/mol. The molecule has 0 saturated carbocycles. The molecule has 2 aromatic carbocycles. The van der Waals surface area contributed by atoms with Crippen molar-refractivity contribution in [3.05, 3.63) is 63.1 Å². The smallest absolute Gasteiger partial charge is 0.244 e. The number of rotatable bonds is 10. The molecule has 0 spiro atoms. The number of sulfonamides is 1. The van der Waals surface area contributed by atoms with E-state index >= 15 is 0 Å². The molecule has 0 bridgehead atoms. The first kappa shape index (κ1) is 27.2. The van der Waals surface area contributed by atoms with Crippen molar-refractivity contribution in [2.45, 2.75) is 32.9 Å². The highest BCUT2D eigenvalue weighted by atomic mass is 35.5. The third-order valence-corrected chi connectivity index (χ3v) is 6.96. The van der Waals surface area contributed by atoms with Gasteiger partial charge in [-0.2, -0.15) is 0 Å². The van der Waals surface area contributed by atoms with Crippen molar-refractivity contribution in [1.82, 2.24) is 10.2 Å². The number of halogens is 3. The highest BCUT2D eigenvalue weighted by Crippen LogP contribution is 2.25. The molecule has 0 saturated heterocycles. The molecule has 180 valence electrons. The molecule has 0 aliphatic rings. The SMILES string of the molecule is CCNC(=O)C(CC)N(Cc1ccc(Cl)c(Cl)c1)C(=O)CN(c1cccc(Cl)c1)S(C)(=O)=O. The Morgan fingerprint density at radius 1 is 1.03 bits per heavy atom. The van der Waals surface area contributed by atoms with Gasteiger partial charge in [-0.05, 0) is 49.2 Å². The van der Waals surface area contributed by atoms with Gasteiger partial charge in [-0.1, -0.05) is 53.9 Å². The van der Waals surface area contributed by atoms with Crippen LogP contribution >= 0.6 is 34.8 Å². The van der Waals surface area contributed by atoms with E-state index in [4.69, 9.17) is 34.8 Å². The first-order valence-electron chi connectivity index (χ1n) is 10.2. The lowest BCUT2D eigenvalue weighted by molar-refractivity contribution is -0.140. The van der Waals surface area contributed by atoms with Gasteiger partial charge in [0.25, 0.3) is 0 Å². The Hall–Kier alpha value is -2.00. The average Bonchev–Trinajstić information content (AvgIpc) is 2.73. The molecular weight excluding hydrogens is 509 g/mol. The van der Waals surface area contributed by atoms with Crippen LogP contribution in [-0.4, -0.2) is 50.5 Å². The molecule has 0 aromatic heterocycles. The lowest BCUT2D eigenvalue weighted by Crippen LogP contribution is -2.52. The number of amides is 2. The third kappa shape index (κ3) is 7.50. The van der Waals surface area contributed by atoms with E-state index in [0.717, 1.165) is 10.6 Å². The van der Waals surface area contributed by atoms with Crippen molar-refractivity contribution in [3.8, 4) is 0 Å². The Morgan fingerprint density at radius 2 is 1.73 bits per heavy atom. The van der Waals surface area contributed by atoms with E-state index in [2.05, 4.69) is 5.32 Å². The van der Waals surface area contributed by atoms with Crippen molar-refractivity contribution >= 4 is 62.3 Å². The summed E-state index contributed by atoms with van der Waals surface area (Å²) in [5.41, 5.74) is 0.896. The van der Waals surface area contributed by atoms with Gasteiger partial charge in [-0.3, -0.25) is 13.9 Å². The van der Waals surface area contributed by atoms with E-state index in [1.807, 2.05) is 0 Å². The van der Waals surface area contributed by atoms with Crippen LogP contribution in [0, 0.1) is 0 Å². The number of nitrogens with one attached hydrogen (secondary N) is 1. The summed E-state index contributed by atoms with van der Waals surface area (Å²) in [5.74, 6) is -0.883. The number of carbonyl (C=O) groups excluding carboxylic acids is 2. The number of anilines is 1. The van der Waals surface area contributed by atoms with Gasteiger partial charge in [0.2, 0.25) is 21.8 Å². The topological polar surface area (TPSA) is 86.8 Å². The van der Waals surface area contributed by atoms with Crippen LogP contribution in [0.1, 0.15) is 25.8 Å². The fraction of sp³-hybridized carbons (Fsp3) is 0.364. The molecule has 11 heteroatoms. The summed E-state index contributed by atoms with van der Waals surface area (Å²) in [4.78, 5) is 27.6. The second-order valence-electron chi connectivity index (χ2n) is 7.34. The van der Waals surface area contributed by atoms with Crippen molar-refractivity contribution in [3.63, 3.8) is 0 Å². The lowest BCUT2D eigenvalue weighted by Gasteiger charge is -2.32. The molecule has 0 fully saturated rings. The maximum absolute atomic E-state index is 13.5. The van der Waals surface area contributed by atoms with Crippen LogP contribution in [0.2, 0.25) is 15.1 Å². The molecule has 0 heterocycles. The molecule has 2 amide bonds. The van der Waals surface area contributed by atoms with Gasteiger partial charge >= 0.3 is 0 Å². The minimum atomic E-state index is -3.82. The maximum atomic E-state index is 13.5. The standard InChI is InChI=1S/C22H26Cl3N3O4S/c1-4-20(22(30)26-5-2)27(13-15-9-10-18(24)19(25)11-15)21(29)14-28(33(3,31)32)17-8-6-7-16(23)12-17/h6-12,20H,4-5,13-14H2,1-3H3,(H,26,30). The lowest BCUT2D eigenvalue weighted by atomic mass is 10.1. The maximum Gasteiger partial charge on any atom is 0.244 e. The largest absolute Gasteiger partial charge is 0.355 e. The minimum absolute atomic E-state index is 0.0402. The van der Waals surface area contributed by atoms with E-state index in [1.54, 1.807) is 50.2 Å². The number of carbonyl (C=O) groups is 2. The molecule has 0 radical (unpaired) electrons. The first-order valence-corrected chi connectivity index (χ1v) is 13.2. The number of nitrogens with zero attached hydrogens (tertiary/aromatic N) is 2. The highest BCUT2D eigenvalue weighted by Gasteiger charge is 2.31. The van der Waals surface area contributed by atoms with Gasteiger partial charge in [0.05, 0.1) is 22.0 Å². The van der Waals surface area contributed by atoms with E-state index in [1.165, 1.54) is 11.0 Å². The van der Waals surface area contributed by atoms with Crippen LogP contribution in [0.3, 0.4) is 0 Å². The molecule has 1 atom stereocenters. The summed E-state index contributed by atoms with van der Waals surface area (Å²) in [7, 11) is -3.82. The van der Waals surface area contributed by atoms with Gasteiger partial charge in [0.15, 0.2) is 0 Å². The summed E-state index contributed by atoms with van der Waals surface area (Å²) in [6, 6.07) is 10.3. The minimum Gasteiger partial charge on any atom is -0.355 e. The molecule has 0 aliphatic carbocycles.